The Hall–Kier alpha value is -3.27. The van der Waals surface area contributed by atoms with E-state index in [1.807, 2.05) is 7.05 Å². The van der Waals surface area contributed by atoms with E-state index in [0.717, 1.165) is 19.4 Å². The molecule has 1 atom stereocenters. The van der Waals surface area contributed by atoms with Crippen molar-refractivity contribution >= 4 is 23.7 Å². The minimum atomic E-state index is -0.787. The number of piperazine rings is 1. The Kier molecular flexibility index (Phi) is 23.1. The first-order valence-electron chi connectivity index (χ1n) is 12.9. The van der Waals surface area contributed by atoms with Crippen LogP contribution in [0.2, 0.25) is 0 Å². The number of carbonyl (C=O) groups is 3. The van der Waals surface area contributed by atoms with Crippen molar-refractivity contribution in [2.75, 3.05) is 68.2 Å². The number of amides is 2. The van der Waals surface area contributed by atoms with Gasteiger partial charge in [-0.05, 0) is 44.7 Å². The monoisotopic (exact) mass is 555 g/mol. The molecule has 39 heavy (non-hydrogen) atoms. The summed E-state index contributed by atoms with van der Waals surface area (Å²) in [5.74, 6) is 0.00942. The van der Waals surface area contributed by atoms with E-state index in [1.165, 1.54) is 55.7 Å². The number of nitrogens with zero attached hydrogens (tertiary/aromatic N) is 3. The van der Waals surface area contributed by atoms with Crippen LogP contribution in [0.4, 0.5) is 4.39 Å². The molecule has 0 aromatic heterocycles. The molecule has 11 heteroatoms. The van der Waals surface area contributed by atoms with Crippen LogP contribution in [0.3, 0.4) is 0 Å². The van der Waals surface area contributed by atoms with E-state index < -0.39 is 23.7 Å². The van der Waals surface area contributed by atoms with Crippen molar-refractivity contribution in [1.82, 2.24) is 14.7 Å². The molecule has 10 nitrogen and oxygen atoms in total. The molecule has 0 unspecified atom stereocenters. The lowest BCUT2D eigenvalue weighted by Crippen LogP contribution is -2.54. The largest absolute Gasteiger partial charge is 0.490 e. The molecule has 0 spiro atoms. The van der Waals surface area contributed by atoms with Gasteiger partial charge in [0.05, 0.1) is 13.7 Å². The van der Waals surface area contributed by atoms with Gasteiger partial charge in [-0.3, -0.25) is 14.4 Å². The van der Waals surface area contributed by atoms with Crippen LogP contribution in [0.15, 0.2) is 30.5 Å². The molecule has 0 N–H and O–H groups in total. The van der Waals surface area contributed by atoms with Crippen LogP contribution < -0.4 is 0 Å². The number of hydrogen-bond acceptors (Lipinski definition) is 8. The van der Waals surface area contributed by atoms with Crippen LogP contribution in [-0.4, -0.2) is 113 Å². The topological polar surface area (TPSA) is 106 Å². The van der Waals surface area contributed by atoms with Crippen molar-refractivity contribution in [2.24, 2.45) is 0 Å². The lowest BCUT2D eigenvalue weighted by atomic mass is 10.1. The van der Waals surface area contributed by atoms with Crippen LogP contribution in [0, 0.1) is 5.82 Å². The predicted molar refractivity (Wildman–Crippen MR) is 148 cm³/mol. The smallest absolute Gasteiger partial charge is 0.305 e. The number of ether oxygens (including phenoxy) is 3. The summed E-state index contributed by atoms with van der Waals surface area (Å²) in [6.07, 6.45) is 2.45. The summed E-state index contributed by atoms with van der Waals surface area (Å²) in [5, 5.41) is 0. The highest BCUT2D eigenvalue weighted by Gasteiger charge is 2.32. The first kappa shape index (κ1) is 37.9. The van der Waals surface area contributed by atoms with Crippen molar-refractivity contribution < 1.29 is 37.8 Å². The number of carbonyl (C=O) groups excluding carboxylic acids is 4. The summed E-state index contributed by atoms with van der Waals surface area (Å²) in [6.45, 7) is 9.24. The average molecular weight is 556 g/mol. The van der Waals surface area contributed by atoms with Crippen LogP contribution in [0.5, 0.6) is 0 Å². The zero-order valence-electron chi connectivity index (χ0n) is 24.7. The molecule has 0 saturated carbocycles. The Morgan fingerprint density at radius 3 is 1.97 bits per heavy atom. The second-order valence-corrected chi connectivity index (χ2v) is 8.49. The maximum Gasteiger partial charge on any atom is 0.305 e. The van der Waals surface area contributed by atoms with Crippen LogP contribution >= 0.6 is 0 Å². The van der Waals surface area contributed by atoms with Gasteiger partial charge in [0, 0.05) is 59.4 Å². The number of benzene rings is 1. The van der Waals surface area contributed by atoms with Gasteiger partial charge in [-0.15, -0.1) is 0 Å². The average Bonchev–Trinajstić information content (AvgIpc) is 2.93. The lowest BCUT2D eigenvalue weighted by molar-refractivity contribution is -0.142. The Labute approximate surface area is 232 Å². The third-order valence-electron chi connectivity index (χ3n) is 5.13. The van der Waals surface area contributed by atoms with E-state index in [0.29, 0.717) is 19.7 Å². The van der Waals surface area contributed by atoms with Gasteiger partial charge in [-0.2, -0.15) is 0 Å². The lowest BCUT2D eigenvalue weighted by Gasteiger charge is -2.37. The molecule has 2 rings (SSSR count). The zero-order valence-corrected chi connectivity index (χ0v) is 24.7. The van der Waals surface area contributed by atoms with Crippen LogP contribution in [0.1, 0.15) is 50.4 Å². The molecule has 1 aromatic carbocycles. The molecule has 1 aliphatic heterocycles. The van der Waals surface area contributed by atoms with E-state index >= 15 is 0 Å². The summed E-state index contributed by atoms with van der Waals surface area (Å²) >= 11 is 0. The second-order valence-electron chi connectivity index (χ2n) is 8.49. The number of likely N-dealkylation sites (N-methyl/N-ethyl adjacent to an activating group) is 2. The molecular formula is C28H46FN3O7. The molecule has 0 aliphatic carbocycles. The van der Waals surface area contributed by atoms with E-state index in [-0.39, 0.29) is 24.3 Å². The maximum atomic E-state index is 13.1. The fourth-order valence-electron chi connectivity index (χ4n) is 3.13. The van der Waals surface area contributed by atoms with Crippen molar-refractivity contribution in [3.8, 4) is 0 Å². The fourth-order valence-corrected chi connectivity index (χ4v) is 3.13. The predicted octanol–water partition coefficient (Wildman–Crippen LogP) is 3.04. The molecule has 0 radical (unpaired) electrons. The highest BCUT2D eigenvalue weighted by molar-refractivity contribution is 5.97. The molecule has 1 aromatic rings. The molecule has 1 fully saturated rings. The van der Waals surface area contributed by atoms with Crippen LogP contribution in [0.25, 0.3) is 0 Å². The van der Waals surface area contributed by atoms with Crippen molar-refractivity contribution in [3.05, 3.63) is 41.9 Å². The second kappa shape index (κ2) is 23.8. The van der Waals surface area contributed by atoms with Gasteiger partial charge in [-0.25, -0.2) is 9.18 Å². The SMILES string of the molecule is CCC.CCOC=C=O.COC.COC(=O)CC[C@@H](C(=O)N1CCN(C)CC1)N(C)C(=O)c1ccc(F)cc1. The standard InChI is InChI=1S/C19H26FN3O4.C4H6O2.C3H8.C2H6O/c1-21-10-12-23(13-11-21)19(26)16(8-9-17(24)27-3)22(2)18(25)14-4-6-15(20)7-5-14;1-2-6-4-3-5;2*1-3-2/h4-7,16H,8-13H2,1-3H3;4H,2H2,1H3;3H2,1-2H3;1-2H3/t16-;;;/m0.../s1. The molecule has 1 heterocycles. The van der Waals surface area contributed by atoms with Gasteiger partial charge in [0.25, 0.3) is 5.91 Å². The van der Waals surface area contributed by atoms with Crippen molar-refractivity contribution in [1.29, 1.82) is 0 Å². The summed E-state index contributed by atoms with van der Waals surface area (Å²) in [7, 11) is 8.05. The number of rotatable bonds is 8. The third kappa shape index (κ3) is 17.0. The minimum Gasteiger partial charge on any atom is -0.490 e. The third-order valence-corrected chi connectivity index (χ3v) is 5.13. The van der Waals surface area contributed by atoms with E-state index in [1.54, 1.807) is 26.0 Å². The highest BCUT2D eigenvalue weighted by Crippen LogP contribution is 2.16. The summed E-state index contributed by atoms with van der Waals surface area (Å²) in [5.41, 5.74) is 0.285. The first-order chi connectivity index (χ1) is 18.6. The molecule has 1 saturated heterocycles. The maximum absolute atomic E-state index is 13.1. The van der Waals surface area contributed by atoms with Gasteiger partial charge in [0.15, 0.2) is 12.2 Å². The Balaban J connectivity index is 0. The quantitative estimate of drug-likeness (QED) is 0.274. The molecule has 1 aliphatic rings. The number of hydrogen-bond donors (Lipinski definition) is 0. The van der Waals surface area contributed by atoms with E-state index in [4.69, 9.17) is 0 Å². The normalized spacial score (nSPS) is 12.9. The molecule has 0 bridgehead atoms. The van der Waals surface area contributed by atoms with Gasteiger partial charge in [0.2, 0.25) is 5.91 Å². The zero-order chi connectivity index (χ0) is 30.2. The number of halogens is 1. The highest BCUT2D eigenvalue weighted by atomic mass is 19.1. The summed E-state index contributed by atoms with van der Waals surface area (Å²) in [4.78, 5) is 51.8. The molecule has 222 valence electrons. The molecular weight excluding hydrogens is 509 g/mol. The van der Waals surface area contributed by atoms with Gasteiger partial charge in [0.1, 0.15) is 11.9 Å². The number of methoxy groups -OCH3 is 2. The van der Waals surface area contributed by atoms with Gasteiger partial charge < -0.3 is 28.9 Å². The Morgan fingerprint density at radius 1 is 1.05 bits per heavy atom. The van der Waals surface area contributed by atoms with Crippen molar-refractivity contribution in [3.63, 3.8) is 0 Å². The van der Waals surface area contributed by atoms with Crippen molar-refractivity contribution in [2.45, 2.75) is 46.1 Å². The first-order valence-corrected chi connectivity index (χ1v) is 12.9. The van der Waals surface area contributed by atoms with Gasteiger partial charge >= 0.3 is 5.97 Å². The Morgan fingerprint density at radius 2 is 1.56 bits per heavy atom. The van der Waals surface area contributed by atoms with Gasteiger partial charge in [-0.1, -0.05) is 20.3 Å². The van der Waals surface area contributed by atoms with E-state index in [9.17, 15) is 23.6 Å². The Bertz CT molecular complexity index is 851. The minimum absolute atomic E-state index is 0.0295. The fraction of sp³-hybridized carbons (Fsp3) is 0.607. The van der Waals surface area contributed by atoms with Crippen LogP contribution in [-0.2, 0) is 28.6 Å². The molecule has 2 amide bonds. The number of esters is 1. The summed E-state index contributed by atoms with van der Waals surface area (Å²) < 4.78 is 26.5. The summed E-state index contributed by atoms with van der Waals surface area (Å²) in [6, 6.07) is 4.38. The van der Waals surface area contributed by atoms with E-state index in [2.05, 4.69) is 33.0 Å².